The number of esters is 1. The van der Waals surface area contributed by atoms with Crippen LogP contribution in [0, 0.1) is 18.6 Å². The number of benzene rings is 1. The van der Waals surface area contributed by atoms with Crippen LogP contribution in [0.2, 0.25) is 0 Å². The van der Waals surface area contributed by atoms with Crippen molar-refractivity contribution in [2.24, 2.45) is 0 Å². The number of halogens is 2. The summed E-state index contributed by atoms with van der Waals surface area (Å²) >= 11 is 0. The second kappa shape index (κ2) is 6.20. The fourth-order valence-electron chi connectivity index (χ4n) is 2.09. The standard InChI is InChI=1S/C15H17F2NO3/c1-3-21-12(19)8-18(10-5-6-10)15(20)13-11(16)7-4-9(2)14(13)17/h4,7,10H,3,5-6,8H2,1-2H3. The second-order valence-electron chi connectivity index (χ2n) is 5.02. The summed E-state index contributed by atoms with van der Waals surface area (Å²) < 4.78 is 32.6. The highest BCUT2D eigenvalue weighted by Crippen LogP contribution is 2.29. The van der Waals surface area contributed by atoms with Gasteiger partial charge < -0.3 is 9.64 Å². The maximum Gasteiger partial charge on any atom is 0.325 e. The average Bonchev–Trinajstić information content (AvgIpc) is 3.25. The van der Waals surface area contributed by atoms with Crippen LogP contribution in [0.5, 0.6) is 0 Å². The van der Waals surface area contributed by atoms with Gasteiger partial charge in [-0.15, -0.1) is 0 Å². The van der Waals surface area contributed by atoms with Gasteiger partial charge in [-0.05, 0) is 38.3 Å². The molecule has 1 aliphatic carbocycles. The predicted molar refractivity (Wildman–Crippen MR) is 71.8 cm³/mol. The number of ether oxygens (including phenoxy) is 1. The molecule has 21 heavy (non-hydrogen) atoms. The Bertz CT molecular complexity index is 570. The first-order chi connectivity index (χ1) is 9.95. The Morgan fingerprint density at radius 2 is 2.00 bits per heavy atom. The largest absolute Gasteiger partial charge is 0.465 e. The van der Waals surface area contributed by atoms with Crippen LogP contribution in [0.1, 0.15) is 35.7 Å². The second-order valence-corrected chi connectivity index (χ2v) is 5.02. The monoisotopic (exact) mass is 297 g/mol. The quantitative estimate of drug-likeness (QED) is 0.784. The molecule has 1 aliphatic rings. The summed E-state index contributed by atoms with van der Waals surface area (Å²) in [7, 11) is 0. The van der Waals surface area contributed by atoms with Crippen LogP contribution < -0.4 is 0 Å². The summed E-state index contributed by atoms with van der Waals surface area (Å²) in [5, 5.41) is 0. The molecule has 1 aromatic rings. The number of aryl methyl sites for hydroxylation is 1. The first kappa shape index (κ1) is 15.4. The van der Waals surface area contributed by atoms with Gasteiger partial charge in [0.2, 0.25) is 0 Å². The molecule has 0 spiro atoms. The summed E-state index contributed by atoms with van der Waals surface area (Å²) in [6, 6.07) is 2.18. The molecule has 1 aromatic carbocycles. The molecule has 0 atom stereocenters. The third-order valence-electron chi connectivity index (χ3n) is 3.35. The van der Waals surface area contributed by atoms with Gasteiger partial charge >= 0.3 is 5.97 Å². The molecule has 0 saturated heterocycles. The fraction of sp³-hybridized carbons (Fsp3) is 0.467. The summed E-state index contributed by atoms with van der Waals surface area (Å²) in [5.41, 5.74) is -0.419. The highest BCUT2D eigenvalue weighted by atomic mass is 19.1. The molecule has 0 aliphatic heterocycles. The highest BCUT2D eigenvalue weighted by molar-refractivity contribution is 5.97. The molecule has 4 nitrogen and oxygen atoms in total. The summed E-state index contributed by atoms with van der Waals surface area (Å²) in [4.78, 5) is 25.1. The minimum Gasteiger partial charge on any atom is -0.465 e. The van der Waals surface area contributed by atoms with Crippen molar-refractivity contribution >= 4 is 11.9 Å². The molecule has 0 N–H and O–H groups in total. The van der Waals surface area contributed by atoms with Crippen LogP contribution in [0.3, 0.4) is 0 Å². The minimum absolute atomic E-state index is 0.152. The number of nitrogens with zero attached hydrogens (tertiary/aromatic N) is 1. The van der Waals surface area contributed by atoms with Crippen molar-refractivity contribution in [1.82, 2.24) is 4.90 Å². The molecular weight excluding hydrogens is 280 g/mol. The van der Waals surface area contributed by atoms with Gasteiger partial charge in [-0.3, -0.25) is 9.59 Å². The minimum atomic E-state index is -0.919. The Hall–Kier alpha value is -1.98. The number of carbonyl (C=O) groups is 2. The summed E-state index contributed by atoms with van der Waals surface area (Å²) in [5.74, 6) is -3.18. The van der Waals surface area contributed by atoms with Crippen molar-refractivity contribution in [3.63, 3.8) is 0 Å². The van der Waals surface area contributed by atoms with E-state index in [2.05, 4.69) is 0 Å². The lowest BCUT2D eigenvalue weighted by molar-refractivity contribution is -0.144. The zero-order chi connectivity index (χ0) is 15.6. The average molecular weight is 297 g/mol. The number of amides is 1. The van der Waals surface area contributed by atoms with Gasteiger partial charge in [-0.25, -0.2) is 8.78 Å². The van der Waals surface area contributed by atoms with Crippen molar-refractivity contribution in [2.45, 2.75) is 32.7 Å². The van der Waals surface area contributed by atoms with E-state index in [0.717, 1.165) is 18.9 Å². The number of carbonyl (C=O) groups excluding carboxylic acids is 2. The number of hydrogen-bond donors (Lipinski definition) is 0. The molecule has 1 saturated carbocycles. The van der Waals surface area contributed by atoms with Gasteiger partial charge in [0.05, 0.1) is 6.61 Å². The van der Waals surface area contributed by atoms with E-state index in [1.54, 1.807) is 6.92 Å². The first-order valence-corrected chi connectivity index (χ1v) is 6.86. The molecule has 0 bridgehead atoms. The van der Waals surface area contributed by atoms with Gasteiger partial charge in [-0.1, -0.05) is 6.07 Å². The van der Waals surface area contributed by atoms with Crippen LogP contribution in [0.15, 0.2) is 12.1 Å². The first-order valence-electron chi connectivity index (χ1n) is 6.86. The maximum atomic E-state index is 14.0. The van der Waals surface area contributed by atoms with Crippen molar-refractivity contribution < 1.29 is 23.1 Å². The molecule has 0 heterocycles. The lowest BCUT2D eigenvalue weighted by atomic mass is 10.1. The maximum absolute atomic E-state index is 14.0. The molecule has 1 fully saturated rings. The summed E-state index contributed by atoms with van der Waals surface area (Å²) in [6.45, 7) is 3.02. The van der Waals surface area contributed by atoms with E-state index in [-0.39, 0.29) is 24.8 Å². The topological polar surface area (TPSA) is 46.6 Å². The third-order valence-corrected chi connectivity index (χ3v) is 3.35. The van der Waals surface area contributed by atoms with E-state index in [0.29, 0.717) is 0 Å². The van der Waals surface area contributed by atoms with E-state index in [1.807, 2.05) is 0 Å². The Labute approximate surface area is 121 Å². The van der Waals surface area contributed by atoms with E-state index in [4.69, 9.17) is 4.74 Å². The molecular formula is C15H17F2NO3. The number of hydrogen-bond acceptors (Lipinski definition) is 3. The van der Waals surface area contributed by atoms with Gasteiger partial charge in [0, 0.05) is 6.04 Å². The van der Waals surface area contributed by atoms with Crippen LogP contribution in [0.4, 0.5) is 8.78 Å². The Balaban J connectivity index is 2.27. The predicted octanol–water partition coefficient (Wildman–Crippen LogP) is 2.44. The van der Waals surface area contributed by atoms with Gasteiger partial charge in [0.15, 0.2) is 0 Å². The van der Waals surface area contributed by atoms with Crippen molar-refractivity contribution in [2.75, 3.05) is 13.2 Å². The molecule has 1 amide bonds. The molecule has 2 rings (SSSR count). The Morgan fingerprint density at radius 1 is 1.33 bits per heavy atom. The molecule has 114 valence electrons. The van der Waals surface area contributed by atoms with Gasteiger partial charge in [0.1, 0.15) is 23.7 Å². The molecule has 0 unspecified atom stereocenters. The highest BCUT2D eigenvalue weighted by Gasteiger charge is 2.36. The zero-order valence-electron chi connectivity index (χ0n) is 12.0. The van der Waals surface area contributed by atoms with Crippen LogP contribution in [-0.2, 0) is 9.53 Å². The smallest absolute Gasteiger partial charge is 0.325 e. The Kier molecular flexibility index (Phi) is 4.55. The van der Waals surface area contributed by atoms with Crippen LogP contribution in [-0.4, -0.2) is 36.0 Å². The van der Waals surface area contributed by atoms with Crippen molar-refractivity contribution in [3.05, 3.63) is 34.9 Å². The van der Waals surface area contributed by atoms with Gasteiger partial charge in [-0.2, -0.15) is 0 Å². The third kappa shape index (κ3) is 3.37. The van der Waals surface area contributed by atoms with Crippen molar-refractivity contribution in [3.8, 4) is 0 Å². The normalized spacial score (nSPS) is 13.9. The number of rotatable bonds is 5. The van der Waals surface area contributed by atoms with E-state index < -0.39 is 29.1 Å². The zero-order valence-corrected chi connectivity index (χ0v) is 12.0. The lowest BCUT2D eigenvalue weighted by Crippen LogP contribution is -2.39. The molecule has 0 radical (unpaired) electrons. The SMILES string of the molecule is CCOC(=O)CN(C(=O)c1c(F)ccc(C)c1F)C1CC1. The fourth-order valence-corrected chi connectivity index (χ4v) is 2.09. The molecule has 0 aromatic heterocycles. The van der Waals surface area contributed by atoms with Crippen molar-refractivity contribution in [1.29, 1.82) is 0 Å². The van der Waals surface area contributed by atoms with E-state index in [1.165, 1.54) is 17.9 Å². The van der Waals surface area contributed by atoms with Gasteiger partial charge in [0.25, 0.3) is 5.91 Å². The molecule has 6 heteroatoms. The lowest BCUT2D eigenvalue weighted by Gasteiger charge is -2.22. The van der Waals surface area contributed by atoms with E-state index >= 15 is 0 Å². The Morgan fingerprint density at radius 3 is 2.57 bits per heavy atom. The van der Waals surface area contributed by atoms with Crippen LogP contribution in [0.25, 0.3) is 0 Å². The van der Waals surface area contributed by atoms with Crippen LogP contribution >= 0.6 is 0 Å². The van der Waals surface area contributed by atoms with E-state index in [9.17, 15) is 18.4 Å². The summed E-state index contributed by atoms with van der Waals surface area (Å²) in [6.07, 6.45) is 1.44.